The Kier molecular flexibility index (Phi) is 4.82. The summed E-state index contributed by atoms with van der Waals surface area (Å²) < 4.78 is 0. The fourth-order valence-corrected chi connectivity index (χ4v) is 0.386. The summed E-state index contributed by atoms with van der Waals surface area (Å²) in [6.45, 7) is 4.21. The topological polar surface area (TPSA) is 43.2 Å². The Morgan fingerprint density at radius 1 is 1.89 bits per heavy atom. The fourth-order valence-electron chi connectivity index (χ4n) is 0.386. The number of rotatable bonds is 4. The second-order valence-corrected chi connectivity index (χ2v) is 1.57. The molecule has 0 aromatic rings. The van der Waals surface area contributed by atoms with Crippen molar-refractivity contribution in [1.29, 1.82) is 0 Å². The van der Waals surface area contributed by atoms with Gasteiger partial charge in [0.25, 0.3) is 0 Å². The Hall–Kier alpha value is -0.830. The third-order valence-corrected chi connectivity index (χ3v) is 0.745. The Bertz CT molecular complexity index is 101. The molecule has 0 radical (unpaired) electrons. The molecule has 0 spiro atoms. The zero-order valence-electron chi connectivity index (χ0n) is 5.55. The largest absolute Gasteiger partial charge is 0.657 e. The molecule has 0 rings (SSSR count). The normalized spacial score (nSPS) is 8.56. The van der Waals surface area contributed by atoms with Gasteiger partial charge in [0.1, 0.15) is 0 Å². The van der Waals surface area contributed by atoms with Gasteiger partial charge in [-0.05, 0) is 0 Å². The van der Waals surface area contributed by atoms with Crippen LogP contribution in [-0.4, -0.2) is 26.0 Å². The van der Waals surface area contributed by atoms with Crippen LogP contribution in [0, 0.1) is 0 Å². The molecular weight excluding hydrogens is 116 g/mol. The van der Waals surface area contributed by atoms with E-state index >= 15 is 0 Å². The van der Waals surface area contributed by atoms with Gasteiger partial charge in [0, 0.05) is 6.54 Å². The number of nitrogens with zero attached hydrogens (tertiary/aromatic N) is 1. The van der Waals surface area contributed by atoms with Crippen LogP contribution in [0.15, 0.2) is 12.7 Å². The molecule has 52 valence electrons. The Labute approximate surface area is 55.1 Å². The van der Waals surface area contributed by atoms with Gasteiger partial charge in [-0.15, -0.1) is 6.58 Å². The molecule has 0 unspecified atom stereocenters. The lowest BCUT2D eigenvalue weighted by Gasteiger charge is -2.08. The van der Waals surface area contributed by atoms with E-state index in [1.807, 2.05) is 0 Å². The van der Waals surface area contributed by atoms with E-state index < -0.39 is 0 Å². The molecule has 0 aliphatic rings. The average Bonchev–Trinajstić information content (AvgIpc) is 1.85. The number of amides is 1. The molecule has 0 heterocycles. The third-order valence-electron chi connectivity index (χ3n) is 0.745. The molecule has 1 N–H and O–H groups in total. The van der Waals surface area contributed by atoms with Crippen molar-refractivity contribution in [3.8, 4) is 0 Å². The molecule has 0 atom stereocenters. The minimum atomic E-state index is -0.0580. The molecule has 0 bridgehead atoms. The minimum Gasteiger partial charge on any atom is -0.657 e. The van der Waals surface area contributed by atoms with Gasteiger partial charge in [0.15, 0.2) is 5.91 Å². The zero-order chi connectivity index (χ0) is 7.11. The second kappa shape index (κ2) is 5.31. The Balaban J connectivity index is 3.16. The Morgan fingerprint density at radius 3 is 3.00 bits per heavy atom. The van der Waals surface area contributed by atoms with Crippen molar-refractivity contribution in [2.45, 2.75) is 0 Å². The molecule has 1 amide bonds. The highest BCUT2D eigenvalue weighted by atomic mass is 16.1. The van der Waals surface area contributed by atoms with Gasteiger partial charge in [0.05, 0.1) is 0 Å². The molecule has 0 aliphatic heterocycles. The van der Waals surface area contributed by atoms with Crippen molar-refractivity contribution in [2.75, 3.05) is 20.1 Å². The minimum absolute atomic E-state index is 0.0580. The van der Waals surface area contributed by atoms with E-state index in [9.17, 15) is 4.79 Å². The van der Waals surface area contributed by atoms with Crippen molar-refractivity contribution in [3.63, 3.8) is 0 Å². The van der Waals surface area contributed by atoms with Gasteiger partial charge in [-0.3, -0.25) is 4.79 Å². The molecule has 3 heteroatoms. The van der Waals surface area contributed by atoms with Crippen molar-refractivity contribution in [1.82, 2.24) is 5.32 Å². The van der Waals surface area contributed by atoms with E-state index in [2.05, 4.69) is 17.2 Å². The smallest absolute Gasteiger partial charge is 0.199 e. The van der Waals surface area contributed by atoms with Crippen molar-refractivity contribution < 1.29 is 4.79 Å². The van der Waals surface area contributed by atoms with E-state index in [4.69, 9.17) is 0 Å². The fraction of sp³-hybridized carbons (Fsp3) is 0.500. The van der Waals surface area contributed by atoms with E-state index in [-0.39, 0.29) is 12.5 Å². The third kappa shape index (κ3) is 5.03. The van der Waals surface area contributed by atoms with Crippen LogP contribution in [0.25, 0.3) is 5.32 Å². The molecule has 0 saturated heterocycles. The first-order valence-electron chi connectivity index (χ1n) is 2.74. The summed E-state index contributed by atoms with van der Waals surface area (Å²) in [6.07, 6.45) is 1.63. The van der Waals surface area contributed by atoms with Crippen LogP contribution in [0.3, 0.4) is 0 Å². The number of carbonyl (C=O) groups excluding carboxylic acids is 1. The van der Waals surface area contributed by atoms with Crippen LogP contribution >= 0.6 is 0 Å². The van der Waals surface area contributed by atoms with E-state index in [0.29, 0.717) is 6.54 Å². The number of hydrogen-bond donors (Lipinski definition) is 1. The lowest BCUT2D eigenvalue weighted by Crippen LogP contribution is -2.25. The molecule has 3 nitrogen and oxygen atoms in total. The van der Waals surface area contributed by atoms with Gasteiger partial charge >= 0.3 is 0 Å². The molecule has 0 aromatic carbocycles. The number of hydrogen-bond acceptors (Lipinski definition) is 1. The van der Waals surface area contributed by atoms with E-state index in [1.165, 1.54) is 0 Å². The van der Waals surface area contributed by atoms with E-state index in [0.717, 1.165) is 0 Å². The first-order valence-corrected chi connectivity index (χ1v) is 2.74. The summed E-state index contributed by atoms with van der Waals surface area (Å²) in [5, 5.41) is 6.22. The predicted octanol–water partition coefficient (Wildman–Crippen LogP) is 0.292. The van der Waals surface area contributed by atoms with E-state index in [1.54, 1.807) is 13.1 Å². The quantitative estimate of drug-likeness (QED) is 0.542. The second-order valence-electron chi connectivity index (χ2n) is 1.57. The summed E-state index contributed by atoms with van der Waals surface area (Å²) in [7, 11) is 1.60. The molecule has 9 heavy (non-hydrogen) atoms. The van der Waals surface area contributed by atoms with Gasteiger partial charge in [-0.25, -0.2) is 0 Å². The lowest BCUT2D eigenvalue weighted by molar-refractivity contribution is -0.119. The van der Waals surface area contributed by atoms with Crippen LogP contribution in [-0.2, 0) is 4.79 Å². The van der Waals surface area contributed by atoms with Gasteiger partial charge in [-0.1, -0.05) is 12.6 Å². The molecule has 0 saturated carbocycles. The average molecular weight is 127 g/mol. The summed E-state index contributed by atoms with van der Waals surface area (Å²) in [5.41, 5.74) is 0. The summed E-state index contributed by atoms with van der Waals surface area (Å²) in [5.74, 6) is -0.0580. The molecule has 0 fully saturated rings. The SMILES string of the molecule is C=CCNC(=O)C[N-]C. The summed E-state index contributed by atoms with van der Waals surface area (Å²) in [4.78, 5) is 10.5. The summed E-state index contributed by atoms with van der Waals surface area (Å²) >= 11 is 0. The monoisotopic (exact) mass is 127 g/mol. The highest BCUT2D eigenvalue weighted by molar-refractivity contribution is 5.79. The molecular formula is C6H11N2O-. The van der Waals surface area contributed by atoms with Crippen LogP contribution in [0.2, 0.25) is 0 Å². The lowest BCUT2D eigenvalue weighted by atomic mass is 10.5. The van der Waals surface area contributed by atoms with Gasteiger partial charge in [-0.2, -0.15) is 7.05 Å². The van der Waals surface area contributed by atoms with Crippen molar-refractivity contribution in [2.24, 2.45) is 0 Å². The first-order chi connectivity index (χ1) is 4.31. The number of likely N-dealkylation sites (N-methyl/N-ethyl adjacent to an activating group) is 1. The zero-order valence-corrected chi connectivity index (χ0v) is 5.55. The van der Waals surface area contributed by atoms with Crippen LogP contribution in [0.4, 0.5) is 0 Å². The van der Waals surface area contributed by atoms with Crippen LogP contribution in [0.1, 0.15) is 0 Å². The standard InChI is InChI=1S/C6H11N2O/c1-3-4-8-6(9)5-7-2/h3H,1,4-5H2,2H3,(H,8,9)/q-1. The van der Waals surface area contributed by atoms with Crippen molar-refractivity contribution >= 4 is 5.91 Å². The van der Waals surface area contributed by atoms with Gasteiger partial charge in [0.2, 0.25) is 0 Å². The maximum absolute atomic E-state index is 10.5. The summed E-state index contributed by atoms with van der Waals surface area (Å²) in [6, 6.07) is 0. The maximum atomic E-state index is 10.5. The Morgan fingerprint density at radius 2 is 2.56 bits per heavy atom. The predicted molar refractivity (Wildman–Crippen MR) is 37.4 cm³/mol. The van der Waals surface area contributed by atoms with Crippen LogP contribution in [0.5, 0.6) is 0 Å². The highest BCUT2D eigenvalue weighted by Gasteiger charge is 1.86. The highest BCUT2D eigenvalue weighted by Crippen LogP contribution is 1.75. The number of carbonyl (C=O) groups is 1. The number of nitrogens with one attached hydrogen (secondary N) is 1. The van der Waals surface area contributed by atoms with Gasteiger partial charge < -0.3 is 10.6 Å². The molecule has 0 aliphatic carbocycles. The van der Waals surface area contributed by atoms with Crippen molar-refractivity contribution in [3.05, 3.63) is 18.0 Å². The first kappa shape index (κ1) is 8.17. The maximum Gasteiger partial charge on any atom is 0.199 e. The molecule has 0 aromatic heterocycles. The van der Waals surface area contributed by atoms with Crippen LogP contribution < -0.4 is 5.32 Å².